The van der Waals surface area contributed by atoms with Crippen LogP contribution < -0.4 is 15.5 Å². The SMILES string of the molecule is O=C(NC(=S)Nc1ccc2nn(-c3cccc4ccccc34)nc2c1)c1ccc(N2CCCCC2)c([N+](=O)[O-])c1. The van der Waals surface area contributed by atoms with Crippen molar-refractivity contribution in [2.24, 2.45) is 0 Å². The van der Waals surface area contributed by atoms with Crippen LogP contribution in [0.1, 0.15) is 29.6 Å². The molecule has 1 aromatic heterocycles. The molecule has 1 saturated heterocycles. The summed E-state index contributed by atoms with van der Waals surface area (Å²) in [4.78, 5) is 27.8. The number of fused-ring (bicyclic) bond motifs is 2. The Hall–Kier alpha value is -4.90. The number of amides is 1. The first-order valence-corrected chi connectivity index (χ1v) is 13.4. The van der Waals surface area contributed by atoms with Gasteiger partial charge < -0.3 is 10.2 Å². The van der Waals surface area contributed by atoms with E-state index in [1.54, 1.807) is 29.1 Å². The van der Waals surface area contributed by atoms with Crippen LogP contribution in [0.25, 0.3) is 27.5 Å². The minimum Gasteiger partial charge on any atom is -0.366 e. The van der Waals surface area contributed by atoms with Crippen molar-refractivity contribution in [3.8, 4) is 5.69 Å². The van der Waals surface area contributed by atoms with E-state index in [-0.39, 0.29) is 16.4 Å². The Morgan fingerprint density at radius 3 is 2.48 bits per heavy atom. The van der Waals surface area contributed by atoms with Gasteiger partial charge in [0.2, 0.25) is 0 Å². The van der Waals surface area contributed by atoms with E-state index in [1.807, 2.05) is 53.4 Å². The maximum absolute atomic E-state index is 12.9. The maximum Gasteiger partial charge on any atom is 0.293 e. The van der Waals surface area contributed by atoms with Crippen LogP contribution >= 0.6 is 12.2 Å². The summed E-state index contributed by atoms with van der Waals surface area (Å²) in [6.45, 7) is 1.53. The third-order valence-electron chi connectivity index (χ3n) is 6.98. The first-order chi connectivity index (χ1) is 19.5. The number of anilines is 2. The van der Waals surface area contributed by atoms with E-state index >= 15 is 0 Å². The molecule has 0 unspecified atom stereocenters. The molecular weight excluding hydrogens is 526 g/mol. The molecule has 1 fully saturated rings. The van der Waals surface area contributed by atoms with Gasteiger partial charge in [0.15, 0.2) is 5.11 Å². The Morgan fingerprint density at radius 2 is 1.65 bits per heavy atom. The van der Waals surface area contributed by atoms with Crippen molar-refractivity contribution in [3.05, 3.63) is 94.5 Å². The Balaban J connectivity index is 1.17. The molecule has 1 amide bonds. The van der Waals surface area contributed by atoms with Gasteiger partial charge in [0.05, 0.1) is 10.6 Å². The molecular formula is C29H25N7O3S. The molecule has 1 aliphatic heterocycles. The molecule has 10 nitrogen and oxygen atoms in total. The number of benzene rings is 4. The molecule has 0 saturated carbocycles. The van der Waals surface area contributed by atoms with Crippen LogP contribution in [0.5, 0.6) is 0 Å². The van der Waals surface area contributed by atoms with Gasteiger partial charge in [-0.05, 0) is 73.3 Å². The molecule has 1 aliphatic rings. The smallest absolute Gasteiger partial charge is 0.293 e. The molecule has 0 radical (unpaired) electrons. The number of thiocarbonyl (C=S) groups is 1. The van der Waals surface area contributed by atoms with Gasteiger partial charge in [-0.2, -0.15) is 0 Å². The molecule has 5 aromatic rings. The zero-order valence-electron chi connectivity index (χ0n) is 21.4. The predicted molar refractivity (Wildman–Crippen MR) is 159 cm³/mol. The van der Waals surface area contributed by atoms with Crippen LogP contribution in [0, 0.1) is 10.1 Å². The lowest BCUT2D eigenvalue weighted by Gasteiger charge is -2.28. The lowest BCUT2D eigenvalue weighted by molar-refractivity contribution is -0.384. The topological polar surface area (TPSA) is 118 Å². The number of carbonyl (C=O) groups excluding carboxylic acids is 1. The summed E-state index contributed by atoms with van der Waals surface area (Å²) in [6, 6.07) is 24.0. The van der Waals surface area contributed by atoms with Gasteiger partial charge in [-0.1, -0.05) is 36.4 Å². The summed E-state index contributed by atoms with van der Waals surface area (Å²) in [5.74, 6) is -0.534. The molecule has 0 atom stereocenters. The zero-order valence-corrected chi connectivity index (χ0v) is 22.2. The maximum atomic E-state index is 12.9. The third-order valence-corrected chi connectivity index (χ3v) is 7.18. The van der Waals surface area contributed by atoms with Crippen LogP contribution in [0.3, 0.4) is 0 Å². The first-order valence-electron chi connectivity index (χ1n) is 13.0. The van der Waals surface area contributed by atoms with E-state index in [1.165, 1.54) is 6.07 Å². The van der Waals surface area contributed by atoms with Crippen molar-refractivity contribution >= 4 is 62.1 Å². The summed E-state index contributed by atoms with van der Waals surface area (Å²) in [6.07, 6.45) is 3.10. The normalized spacial score (nSPS) is 13.3. The van der Waals surface area contributed by atoms with Gasteiger partial charge in [-0.15, -0.1) is 15.0 Å². The van der Waals surface area contributed by atoms with E-state index in [4.69, 9.17) is 12.2 Å². The van der Waals surface area contributed by atoms with Crippen LogP contribution in [0.4, 0.5) is 17.1 Å². The number of nitrogens with one attached hydrogen (secondary N) is 2. The fourth-order valence-corrected chi connectivity index (χ4v) is 5.24. The van der Waals surface area contributed by atoms with Gasteiger partial charge in [0, 0.05) is 35.8 Å². The summed E-state index contributed by atoms with van der Waals surface area (Å²) >= 11 is 5.36. The number of piperidine rings is 1. The number of nitro groups is 1. The van der Waals surface area contributed by atoms with Crippen molar-refractivity contribution in [3.63, 3.8) is 0 Å². The summed E-state index contributed by atoms with van der Waals surface area (Å²) in [5, 5.41) is 28.8. The second kappa shape index (κ2) is 10.7. The molecule has 2 heterocycles. The van der Waals surface area contributed by atoms with Gasteiger partial charge in [-0.3, -0.25) is 20.2 Å². The zero-order chi connectivity index (χ0) is 27.6. The van der Waals surface area contributed by atoms with Crippen LogP contribution in [-0.2, 0) is 0 Å². The molecule has 11 heteroatoms. The summed E-state index contributed by atoms with van der Waals surface area (Å²) in [5.41, 5.74) is 3.44. The van der Waals surface area contributed by atoms with E-state index in [9.17, 15) is 14.9 Å². The Bertz CT molecular complexity index is 1770. The number of hydrogen-bond donors (Lipinski definition) is 2. The summed E-state index contributed by atoms with van der Waals surface area (Å²) < 4.78 is 0. The van der Waals surface area contributed by atoms with Gasteiger partial charge in [0.1, 0.15) is 16.7 Å². The Morgan fingerprint density at radius 1 is 0.875 bits per heavy atom. The van der Waals surface area contributed by atoms with Gasteiger partial charge in [0.25, 0.3) is 11.6 Å². The highest BCUT2D eigenvalue weighted by atomic mass is 32.1. The molecule has 0 aliphatic carbocycles. The monoisotopic (exact) mass is 551 g/mol. The number of aromatic nitrogens is 3. The Kier molecular flexibility index (Phi) is 6.79. The van der Waals surface area contributed by atoms with Crippen molar-refractivity contribution in [1.29, 1.82) is 0 Å². The highest BCUT2D eigenvalue weighted by Gasteiger charge is 2.23. The fourth-order valence-electron chi connectivity index (χ4n) is 5.03. The molecule has 2 N–H and O–H groups in total. The third kappa shape index (κ3) is 5.06. The number of hydrogen-bond acceptors (Lipinski definition) is 7. The Labute approximate surface area is 234 Å². The van der Waals surface area contributed by atoms with E-state index in [0.29, 0.717) is 22.4 Å². The van der Waals surface area contributed by atoms with Gasteiger partial charge >= 0.3 is 0 Å². The second-order valence-electron chi connectivity index (χ2n) is 9.61. The lowest BCUT2D eigenvalue weighted by atomic mass is 10.1. The lowest BCUT2D eigenvalue weighted by Crippen LogP contribution is -2.34. The van der Waals surface area contributed by atoms with Crippen LogP contribution in [0.2, 0.25) is 0 Å². The van der Waals surface area contributed by atoms with Gasteiger partial charge in [-0.25, -0.2) is 0 Å². The minimum absolute atomic E-state index is 0.0635. The van der Waals surface area contributed by atoms with Crippen molar-refractivity contribution in [2.75, 3.05) is 23.3 Å². The highest BCUT2D eigenvalue weighted by Crippen LogP contribution is 2.31. The number of nitro benzene ring substituents is 1. The van der Waals surface area contributed by atoms with Crippen LogP contribution in [-0.4, -0.2) is 44.0 Å². The molecule has 200 valence electrons. The number of rotatable bonds is 5. The highest BCUT2D eigenvalue weighted by molar-refractivity contribution is 7.80. The predicted octanol–water partition coefficient (Wildman–Crippen LogP) is 5.60. The number of nitrogens with zero attached hydrogens (tertiary/aromatic N) is 5. The molecule has 4 aromatic carbocycles. The second-order valence-corrected chi connectivity index (χ2v) is 10.0. The molecule has 40 heavy (non-hydrogen) atoms. The molecule has 6 rings (SSSR count). The van der Waals surface area contributed by atoms with Crippen LogP contribution in [0.15, 0.2) is 78.9 Å². The van der Waals surface area contributed by atoms with Crippen molar-refractivity contribution < 1.29 is 9.72 Å². The summed E-state index contributed by atoms with van der Waals surface area (Å²) in [7, 11) is 0. The van der Waals surface area contributed by atoms with E-state index in [2.05, 4.69) is 20.8 Å². The van der Waals surface area contributed by atoms with E-state index < -0.39 is 10.8 Å². The first kappa shape index (κ1) is 25.4. The minimum atomic E-state index is -0.534. The molecule has 0 bridgehead atoms. The quantitative estimate of drug-likeness (QED) is 0.165. The standard InChI is InChI=1S/C29H25N7O3S/c37-28(20-11-14-26(27(17-20)36(38)39)34-15-4-1-5-16-34)31-29(40)30-21-12-13-23-24(18-21)33-35(32-23)25-10-6-8-19-7-2-3-9-22(19)25/h2-3,6-14,17-18H,1,4-5,15-16H2,(H2,30,31,37,40). The van der Waals surface area contributed by atoms with Crippen molar-refractivity contribution in [1.82, 2.24) is 20.3 Å². The molecule has 0 spiro atoms. The van der Waals surface area contributed by atoms with E-state index in [0.717, 1.165) is 48.8 Å². The fraction of sp³-hybridized carbons (Fsp3) is 0.172. The number of carbonyl (C=O) groups is 1. The largest absolute Gasteiger partial charge is 0.366 e. The average Bonchev–Trinajstić information content (AvgIpc) is 3.40. The van der Waals surface area contributed by atoms with Crippen molar-refractivity contribution in [2.45, 2.75) is 19.3 Å². The average molecular weight is 552 g/mol.